The first kappa shape index (κ1) is 18.6. The predicted molar refractivity (Wildman–Crippen MR) is 101 cm³/mol. The largest absolute Gasteiger partial charge is 0.496 e. The van der Waals surface area contributed by atoms with Crippen LogP contribution in [-0.2, 0) is 11.3 Å². The summed E-state index contributed by atoms with van der Waals surface area (Å²) < 4.78 is 6.07. The lowest BCUT2D eigenvalue weighted by molar-refractivity contribution is -0.384. The minimum absolute atomic E-state index is 0.0240. The molecule has 2 aromatic carbocycles. The molecule has 1 N–H and O–H groups in total. The number of benzene rings is 2. The van der Waals surface area contributed by atoms with Crippen molar-refractivity contribution in [3.05, 3.63) is 73.9 Å². The van der Waals surface area contributed by atoms with E-state index in [0.29, 0.717) is 11.3 Å². The number of halogens is 1. The molecule has 8 nitrogen and oxygen atoms in total. The summed E-state index contributed by atoms with van der Waals surface area (Å²) in [4.78, 5) is 36.3. The van der Waals surface area contributed by atoms with E-state index in [4.69, 9.17) is 4.74 Å². The highest BCUT2D eigenvalue weighted by Crippen LogP contribution is 2.27. The van der Waals surface area contributed by atoms with E-state index in [2.05, 4.69) is 21.2 Å². The number of methoxy groups -OCH3 is 1. The molecule has 0 saturated carbocycles. The number of nitro groups is 1. The Bertz CT molecular complexity index is 956. The third-order valence-corrected chi connectivity index (χ3v) is 4.47. The van der Waals surface area contributed by atoms with Crippen molar-refractivity contribution in [3.8, 4) is 5.75 Å². The number of rotatable bonds is 5. The van der Waals surface area contributed by atoms with E-state index >= 15 is 0 Å². The van der Waals surface area contributed by atoms with Gasteiger partial charge in [-0.1, -0.05) is 28.1 Å². The van der Waals surface area contributed by atoms with Crippen molar-refractivity contribution in [2.75, 3.05) is 7.11 Å². The van der Waals surface area contributed by atoms with Crippen LogP contribution in [0.3, 0.4) is 0 Å². The van der Waals surface area contributed by atoms with E-state index in [-0.39, 0.29) is 17.9 Å². The number of urea groups is 1. The van der Waals surface area contributed by atoms with Gasteiger partial charge in [0.25, 0.3) is 11.6 Å². The van der Waals surface area contributed by atoms with Crippen LogP contribution in [0.1, 0.15) is 11.1 Å². The summed E-state index contributed by atoms with van der Waals surface area (Å²) in [6.07, 6.45) is 1.37. The van der Waals surface area contributed by atoms with Crippen molar-refractivity contribution in [1.29, 1.82) is 0 Å². The molecule has 2 aromatic rings. The molecule has 0 spiro atoms. The maximum atomic E-state index is 12.6. The summed E-state index contributed by atoms with van der Waals surface area (Å²) in [5, 5.41) is 13.5. The Kier molecular flexibility index (Phi) is 5.22. The second kappa shape index (κ2) is 7.58. The highest BCUT2D eigenvalue weighted by atomic mass is 79.9. The van der Waals surface area contributed by atoms with Gasteiger partial charge in [0.15, 0.2) is 0 Å². The van der Waals surface area contributed by atoms with Crippen molar-refractivity contribution in [2.45, 2.75) is 6.54 Å². The molecule has 1 aliphatic rings. The zero-order chi connectivity index (χ0) is 19.6. The Morgan fingerprint density at radius 3 is 2.56 bits per heavy atom. The second-order valence-electron chi connectivity index (χ2n) is 5.69. The zero-order valence-electron chi connectivity index (χ0n) is 14.1. The molecule has 0 aliphatic carbocycles. The third-order valence-electron chi connectivity index (χ3n) is 3.94. The Balaban J connectivity index is 1.89. The summed E-state index contributed by atoms with van der Waals surface area (Å²) in [6, 6.07) is 10.7. The number of nitrogens with zero attached hydrogens (tertiary/aromatic N) is 2. The number of nitrogens with one attached hydrogen (secondary N) is 1. The maximum Gasteiger partial charge on any atom is 0.329 e. The van der Waals surface area contributed by atoms with Gasteiger partial charge >= 0.3 is 6.03 Å². The van der Waals surface area contributed by atoms with E-state index < -0.39 is 16.9 Å². The van der Waals surface area contributed by atoms with Gasteiger partial charge in [-0.05, 0) is 29.8 Å². The molecule has 27 heavy (non-hydrogen) atoms. The number of amides is 3. The summed E-state index contributed by atoms with van der Waals surface area (Å²) in [5.74, 6) is -0.169. The number of non-ortho nitro benzene ring substituents is 1. The minimum atomic E-state index is -0.557. The van der Waals surface area contributed by atoms with Gasteiger partial charge in [0.05, 0.1) is 18.6 Å². The van der Waals surface area contributed by atoms with Gasteiger partial charge in [-0.15, -0.1) is 0 Å². The van der Waals surface area contributed by atoms with Crippen LogP contribution in [-0.4, -0.2) is 28.9 Å². The normalized spacial score (nSPS) is 15.2. The first-order chi connectivity index (χ1) is 12.9. The molecular weight excluding hydrogens is 418 g/mol. The van der Waals surface area contributed by atoms with Crippen LogP contribution in [0.25, 0.3) is 6.08 Å². The van der Waals surface area contributed by atoms with E-state index in [9.17, 15) is 19.7 Å². The predicted octanol–water partition coefficient (Wildman–Crippen LogP) is 3.46. The quantitative estimate of drug-likeness (QED) is 0.338. The highest BCUT2D eigenvalue weighted by molar-refractivity contribution is 9.10. The van der Waals surface area contributed by atoms with Crippen LogP contribution in [0, 0.1) is 10.1 Å². The number of carbonyl (C=O) groups is 2. The summed E-state index contributed by atoms with van der Waals surface area (Å²) in [7, 11) is 1.41. The van der Waals surface area contributed by atoms with Crippen LogP contribution < -0.4 is 10.1 Å². The number of hydrogen-bond acceptors (Lipinski definition) is 5. The van der Waals surface area contributed by atoms with Gasteiger partial charge in [-0.2, -0.15) is 0 Å². The highest BCUT2D eigenvalue weighted by Gasteiger charge is 2.33. The summed E-state index contributed by atoms with van der Waals surface area (Å²) in [6.45, 7) is 0.112. The second-order valence-corrected chi connectivity index (χ2v) is 6.60. The van der Waals surface area contributed by atoms with Crippen LogP contribution >= 0.6 is 15.9 Å². The standard InChI is InChI=1S/C18H14BrN3O5/c1-27-16-7-6-14(22(25)26)8-12(16)9-15-17(23)21(18(24)20-15)10-11-2-4-13(19)5-3-11/h2-9H,10H2,1H3,(H,20,24)/b15-9+. The topological polar surface area (TPSA) is 102 Å². The maximum absolute atomic E-state index is 12.6. The van der Waals surface area contributed by atoms with E-state index in [1.165, 1.54) is 31.4 Å². The average Bonchev–Trinajstić information content (AvgIpc) is 2.90. The first-order valence-corrected chi connectivity index (χ1v) is 8.60. The molecule has 0 radical (unpaired) electrons. The SMILES string of the molecule is COc1ccc([N+](=O)[O-])cc1/C=C1/NC(=O)N(Cc2ccc(Br)cc2)C1=O. The lowest BCUT2D eigenvalue weighted by Crippen LogP contribution is -2.30. The third kappa shape index (κ3) is 3.98. The number of nitro benzene ring substituents is 1. The lowest BCUT2D eigenvalue weighted by Gasteiger charge is -2.11. The Labute approximate surface area is 162 Å². The van der Waals surface area contributed by atoms with E-state index in [1.54, 1.807) is 12.1 Å². The smallest absolute Gasteiger partial charge is 0.329 e. The van der Waals surface area contributed by atoms with Crippen LogP contribution in [0.15, 0.2) is 52.6 Å². The summed E-state index contributed by atoms with van der Waals surface area (Å²) >= 11 is 3.33. The molecule has 1 fully saturated rings. The Morgan fingerprint density at radius 2 is 1.93 bits per heavy atom. The van der Waals surface area contributed by atoms with Crippen LogP contribution in [0.4, 0.5) is 10.5 Å². The minimum Gasteiger partial charge on any atom is -0.496 e. The number of imide groups is 1. The lowest BCUT2D eigenvalue weighted by atomic mass is 10.1. The molecule has 1 saturated heterocycles. The van der Waals surface area contributed by atoms with Crippen molar-refractivity contribution in [1.82, 2.24) is 10.2 Å². The van der Waals surface area contributed by atoms with Crippen LogP contribution in [0.5, 0.6) is 5.75 Å². The Morgan fingerprint density at radius 1 is 1.22 bits per heavy atom. The molecule has 1 heterocycles. The van der Waals surface area contributed by atoms with Crippen molar-refractivity contribution in [3.63, 3.8) is 0 Å². The van der Waals surface area contributed by atoms with Crippen LogP contribution in [0.2, 0.25) is 0 Å². The first-order valence-electron chi connectivity index (χ1n) is 7.80. The number of carbonyl (C=O) groups excluding carboxylic acids is 2. The fourth-order valence-corrected chi connectivity index (χ4v) is 2.86. The fourth-order valence-electron chi connectivity index (χ4n) is 2.59. The van der Waals surface area contributed by atoms with Gasteiger partial charge in [0.2, 0.25) is 0 Å². The fraction of sp³-hybridized carbons (Fsp3) is 0.111. The number of hydrogen-bond donors (Lipinski definition) is 1. The summed E-state index contributed by atoms with van der Waals surface area (Å²) in [5.41, 5.74) is 0.985. The van der Waals surface area contributed by atoms with Gasteiger partial charge in [0, 0.05) is 22.2 Å². The molecule has 0 bridgehead atoms. The molecule has 3 amide bonds. The molecule has 138 valence electrons. The molecule has 9 heteroatoms. The monoisotopic (exact) mass is 431 g/mol. The molecule has 0 aromatic heterocycles. The van der Waals surface area contributed by atoms with Gasteiger partial charge < -0.3 is 10.1 Å². The molecular formula is C18H14BrN3O5. The molecule has 0 unspecified atom stereocenters. The zero-order valence-corrected chi connectivity index (χ0v) is 15.7. The van der Waals surface area contributed by atoms with Crippen molar-refractivity contribution >= 4 is 39.6 Å². The molecule has 0 atom stereocenters. The molecule has 1 aliphatic heterocycles. The number of ether oxygens (including phenoxy) is 1. The average molecular weight is 432 g/mol. The van der Waals surface area contributed by atoms with E-state index in [0.717, 1.165) is 14.9 Å². The van der Waals surface area contributed by atoms with Gasteiger partial charge in [-0.3, -0.25) is 19.8 Å². The molecule has 3 rings (SSSR count). The van der Waals surface area contributed by atoms with Crippen molar-refractivity contribution in [2.24, 2.45) is 0 Å². The van der Waals surface area contributed by atoms with Crippen molar-refractivity contribution < 1.29 is 19.2 Å². The van der Waals surface area contributed by atoms with E-state index in [1.807, 2.05) is 12.1 Å². The van der Waals surface area contributed by atoms with Gasteiger partial charge in [0.1, 0.15) is 11.4 Å². The Hall–Kier alpha value is -3.20. The van der Waals surface area contributed by atoms with Gasteiger partial charge in [-0.25, -0.2) is 4.79 Å².